The molecule has 20 heavy (non-hydrogen) atoms. The molecule has 0 saturated carbocycles. The second-order valence-corrected chi connectivity index (χ2v) is 4.33. The van der Waals surface area contributed by atoms with E-state index in [1.165, 1.54) is 24.8 Å². The Labute approximate surface area is 113 Å². The Hall–Kier alpha value is -2.36. The van der Waals surface area contributed by atoms with Gasteiger partial charge in [0.1, 0.15) is 5.69 Å². The molecule has 0 unspecified atom stereocenters. The third-order valence-corrected chi connectivity index (χ3v) is 2.91. The Morgan fingerprint density at radius 1 is 1.15 bits per heavy atom. The molecule has 0 aliphatic carbocycles. The fraction of sp³-hybridized carbons (Fsp3) is 0.100. The predicted octanol–water partition coefficient (Wildman–Crippen LogP) is 1.85. The second-order valence-electron chi connectivity index (χ2n) is 3.30. The van der Waals surface area contributed by atoms with Crippen LogP contribution >= 0.6 is 11.3 Å². The molecule has 2 aromatic heterocycles. The van der Waals surface area contributed by atoms with Crippen molar-refractivity contribution in [2.75, 3.05) is 0 Å². The Morgan fingerprint density at radius 2 is 1.90 bits per heavy atom. The standard InChI is InChI=1S/C10H4F3N3O3S/c11-10(12,13)9(18)19-8(17)7-16-4-6(20-7)5-3-14-1-2-15-5/h1-4H. The number of aromatic nitrogens is 3. The highest BCUT2D eigenvalue weighted by Gasteiger charge is 2.43. The van der Waals surface area contributed by atoms with Crippen molar-refractivity contribution in [1.29, 1.82) is 0 Å². The van der Waals surface area contributed by atoms with Gasteiger partial charge in [-0.25, -0.2) is 14.6 Å². The molecule has 0 aliphatic heterocycles. The third-order valence-electron chi connectivity index (χ3n) is 1.91. The molecule has 6 nitrogen and oxygen atoms in total. The van der Waals surface area contributed by atoms with Gasteiger partial charge in [0.2, 0.25) is 5.01 Å². The van der Waals surface area contributed by atoms with Crippen LogP contribution in [0.15, 0.2) is 24.8 Å². The average molecular weight is 303 g/mol. The first-order valence-corrected chi connectivity index (χ1v) is 5.75. The van der Waals surface area contributed by atoms with Crippen molar-refractivity contribution < 1.29 is 27.5 Å². The summed E-state index contributed by atoms with van der Waals surface area (Å²) in [6.07, 6.45) is 0.218. The van der Waals surface area contributed by atoms with Gasteiger partial charge in [0, 0.05) is 18.6 Å². The van der Waals surface area contributed by atoms with Crippen LogP contribution in [0.3, 0.4) is 0 Å². The second kappa shape index (κ2) is 5.33. The molecular formula is C10H4F3N3O3S. The molecule has 0 radical (unpaired) electrons. The van der Waals surface area contributed by atoms with Gasteiger partial charge in [-0.1, -0.05) is 0 Å². The molecule has 0 aromatic carbocycles. The number of esters is 2. The van der Waals surface area contributed by atoms with Crippen molar-refractivity contribution in [2.24, 2.45) is 0 Å². The maximum atomic E-state index is 11.9. The fourth-order valence-corrected chi connectivity index (χ4v) is 1.85. The van der Waals surface area contributed by atoms with E-state index in [1.54, 1.807) is 0 Å². The molecule has 0 amide bonds. The summed E-state index contributed by atoms with van der Waals surface area (Å²) in [7, 11) is 0. The Balaban J connectivity index is 2.14. The summed E-state index contributed by atoms with van der Waals surface area (Å²) in [6, 6.07) is 0. The monoisotopic (exact) mass is 303 g/mol. The smallest absolute Gasteiger partial charge is 0.381 e. The summed E-state index contributed by atoms with van der Waals surface area (Å²) < 4.78 is 39.5. The van der Waals surface area contributed by atoms with Gasteiger partial charge in [-0.3, -0.25) is 9.97 Å². The van der Waals surface area contributed by atoms with Gasteiger partial charge in [0.05, 0.1) is 11.1 Å². The first kappa shape index (κ1) is 14.1. The Kier molecular flexibility index (Phi) is 3.74. The Bertz CT molecular complexity index is 642. The van der Waals surface area contributed by atoms with Crippen LogP contribution in [0.4, 0.5) is 13.2 Å². The Morgan fingerprint density at radius 3 is 2.50 bits per heavy atom. The van der Waals surface area contributed by atoms with Crippen molar-refractivity contribution in [3.8, 4) is 10.6 Å². The number of thiazole rings is 1. The molecule has 10 heteroatoms. The number of carbonyl (C=O) groups is 2. The van der Waals surface area contributed by atoms with E-state index in [2.05, 4.69) is 19.7 Å². The first-order valence-electron chi connectivity index (χ1n) is 4.93. The van der Waals surface area contributed by atoms with Crippen molar-refractivity contribution in [1.82, 2.24) is 15.0 Å². The highest BCUT2D eigenvalue weighted by Crippen LogP contribution is 2.25. The number of carbonyl (C=O) groups excluding carboxylic acids is 2. The quantitative estimate of drug-likeness (QED) is 0.622. The highest BCUT2D eigenvalue weighted by atomic mass is 32.1. The van der Waals surface area contributed by atoms with Crippen molar-refractivity contribution in [2.45, 2.75) is 6.18 Å². The number of hydrogen-bond acceptors (Lipinski definition) is 7. The highest BCUT2D eigenvalue weighted by molar-refractivity contribution is 7.16. The lowest BCUT2D eigenvalue weighted by molar-refractivity contribution is -0.193. The zero-order valence-electron chi connectivity index (χ0n) is 9.42. The van der Waals surface area contributed by atoms with Crippen molar-refractivity contribution in [3.05, 3.63) is 29.8 Å². The lowest BCUT2D eigenvalue weighted by Gasteiger charge is -2.03. The molecule has 104 valence electrons. The average Bonchev–Trinajstić information content (AvgIpc) is 2.88. The zero-order chi connectivity index (χ0) is 14.8. The minimum Gasteiger partial charge on any atom is -0.381 e. The van der Waals surface area contributed by atoms with E-state index in [0.717, 1.165) is 11.3 Å². The topological polar surface area (TPSA) is 82.0 Å². The number of ether oxygens (including phenoxy) is 1. The minimum atomic E-state index is -5.24. The summed E-state index contributed by atoms with van der Waals surface area (Å²) in [5.74, 6) is -4.05. The number of halogens is 3. The lowest BCUT2D eigenvalue weighted by Crippen LogP contribution is -2.27. The van der Waals surface area contributed by atoms with Gasteiger partial charge >= 0.3 is 18.1 Å². The lowest BCUT2D eigenvalue weighted by atomic mass is 10.4. The van der Waals surface area contributed by atoms with Crippen LogP contribution in [-0.4, -0.2) is 33.1 Å². The molecule has 2 rings (SSSR count). The van der Waals surface area contributed by atoms with Crippen LogP contribution < -0.4 is 0 Å². The third kappa shape index (κ3) is 3.15. The minimum absolute atomic E-state index is 0.386. The number of rotatable bonds is 2. The van der Waals surface area contributed by atoms with Crippen LogP contribution in [0.25, 0.3) is 10.6 Å². The SMILES string of the molecule is O=C(OC(=O)C(F)(F)F)c1ncc(-c2cnccn2)s1. The van der Waals surface area contributed by atoms with E-state index < -0.39 is 18.1 Å². The fourth-order valence-electron chi connectivity index (χ4n) is 1.10. The van der Waals surface area contributed by atoms with Gasteiger partial charge in [0.25, 0.3) is 0 Å². The van der Waals surface area contributed by atoms with Crippen LogP contribution in [0, 0.1) is 0 Å². The summed E-state index contributed by atoms with van der Waals surface area (Å²) in [6.45, 7) is 0. The predicted molar refractivity (Wildman–Crippen MR) is 59.6 cm³/mol. The van der Waals surface area contributed by atoms with E-state index in [-0.39, 0.29) is 5.01 Å². The molecule has 0 fully saturated rings. The van der Waals surface area contributed by atoms with E-state index in [4.69, 9.17) is 0 Å². The normalized spacial score (nSPS) is 11.2. The van der Waals surface area contributed by atoms with Crippen LogP contribution in [0.2, 0.25) is 0 Å². The molecule has 2 heterocycles. The molecular weight excluding hydrogens is 299 g/mol. The molecule has 0 bridgehead atoms. The van der Waals surface area contributed by atoms with Gasteiger partial charge in [-0.2, -0.15) is 13.2 Å². The van der Waals surface area contributed by atoms with E-state index in [0.29, 0.717) is 10.6 Å². The molecule has 0 saturated heterocycles. The van der Waals surface area contributed by atoms with E-state index in [9.17, 15) is 22.8 Å². The zero-order valence-corrected chi connectivity index (χ0v) is 10.2. The maximum absolute atomic E-state index is 11.9. The van der Waals surface area contributed by atoms with Gasteiger partial charge in [-0.05, 0) is 0 Å². The van der Waals surface area contributed by atoms with E-state index in [1.807, 2.05) is 0 Å². The molecule has 0 N–H and O–H groups in total. The summed E-state index contributed by atoms with van der Waals surface area (Å²) >= 11 is 0.739. The van der Waals surface area contributed by atoms with Gasteiger partial charge in [-0.15, -0.1) is 11.3 Å². The molecule has 2 aromatic rings. The van der Waals surface area contributed by atoms with Crippen molar-refractivity contribution in [3.63, 3.8) is 0 Å². The number of hydrogen-bond donors (Lipinski definition) is 0. The van der Waals surface area contributed by atoms with Gasteiger partial charge < -0.3 is 4.74 Å². The van der Waals surface area contributed by atoms with Crippen LogP contribution in [0.1, 0.15) is 9.80 Å². The summed E-state index contributed by atoms with van der Waals surface area (Å²) in [4.78, 5) is 33.5. The van der Waals surface area contributed by atoms with Crippen LogP contribution in [0.5, 0.6) is 0 Å². The van der Waals surface area contributed by atoms with Crippen LogP contribution in [-0.2, 0) is 9.53 Å². The molecule has 0 atom stereocenters. The summed E-state index contributed by atoms with van der Waals surface area (Å²) in [5.41, 5.74) is 0.395. The van der Waals surface area contributed by atoms with E-state index >= 15 is 0 Å². The molecule has 0 aliphatic rings. The number of alkyl halides is 3. The first-order chi connectivity index (χ1) is 9.38. The van der Waals surface area contributed by atoms with Crippen molar-refractivity contribution >= 4 is 23.3 Å². The largest absolute Gasteiger partial charge is 0.491 e. The summed E-state index contributed by atoms with van der Waals surface area (Å²) in [5, 5.41) is -0.386. The number of nitrogens with zero attached hydrogens (tertiary/aromatic N) is 3. The maximum Gasteiger partial charge on any atom is 0.491 e. The van der Waals surface area contributed by atoms with Gasteiger partial charge in [0.15, 0.2) is 0 Å². The molecule has 0 spiro atoms.